The van der Waals surface area contributed by atoms with Crippen LogP contribution in [0.4, 0.5) is 11.5 Å². The number of amides is 1. The summed E-state index contributed by atoms with van der Waals surface area (Å²) in [4.78, 5) is 26.8. The summed E-state index contributed by atoms with van der Waals surface area (Å²) in [6, 6.07) is 7.04. The van der Waals surface area contributed by atoms with Crippen molar-refractivity contribution in [3.63, 3.8) is 0 Å². The maximum atomic E-state index is 12.0. The maximum Gasteiger partial charge on any atom is 0.251 e. The lowest BCUT2D eigenvalue weighted by Gasteiger charge is -2.32. The van der Waals surface area contributed by atoms with Crippen molar-refractivity contribution in [1.29, 1.82) is 0 Å². The lowest BCUT2D eigenvalue weighted by molar-refractivity contribution is 0.0945. The van der Waals surface area contributed by atoms with Crippen molar-refractivity contribution in [2.24, 2.45) is 5.92 Å². The monoisotopic (exact) mass is 410 g/mol. The van der Waals surface area contributed by atoms with Gasteiger partial charge in [-0.05, 0) is 30.9 Å². The van der Waals surface area contributed by atoms with E-state index in [1.165, 1.54) is 0 Å². The van der Waals surface area contributed by atoms with Crippen LogP contribution in [0.2, 0.25) is 0 Å². The molecule has 9 nitrogen and oxygen atoms in total. The van der Waals surface area contributed by atoms with Crippen molar-refractivity contribution in [2.45, 2.75) is 12.8 Å². The summed E-state index contributed by atoms with van der Waals surface area (Å²) in [5, 5.41) is 21.7. The third-order valence-corrected chi connectivity index (χ3v) is 5.52. The first-order valence-corrected chi connectivity index (χ1v) is 10.1. The van der Waals surface area contributed by atoms with Gasteiger partial charge in [-0.25, -0.2) is 9.97 Å². The highest BCUT2D eigenvalue weighted by Crippen LogP contribution is 2.33. The third-order valence-electron chi connectivity index (χ3n) is 5.52. The first-order valence-electron chi connectivity index (χ1n) is 10.1. The van der Waals surface area contributed by atoms with Crippen LogP contribution in [0.25, 0.3) is 22.4 Å². The summed E-state index contributed by atoms with van der Waals surface area (Å²) in [7, 11) is 0. The fourth-order valence-corrected chi connectivity index (χ4v) is 3.76. The van der Waals surface area contributed by atoms with Gasteiger partial charge in [0.2, 0.25) is 0 Å². The van der Waals surface area contributed by atoms with E-state index in [9.17, 15) is 9.90 Å². The molecule has 0 spiro atoms. The number of anilines is 2. The number of rotatable bonds is 6. The molecule has 0 aliphatic carbocycles. The van der Waals surface area contributed by atoms with E-state index in [1.807, 2.05) is 12.1 Å². The van der Waals surface area contributed by atoms with Crippen LogP contribution in [0.3, 0.4) is 0 Å². The number of hydrogen-bond acceptors (Lipinski definition) is 7. The van der Waals surface area contributed by atoms with Gasteiger partial charge in [0.1, 0.15) is 11.5 Å². The number of nitrogen functional groups attached to an aromatic ring is 1. The van der Waals surface area contributed by atoms with E-state index in [0.717, 1.165) is 42.7 Å². The Balaban J connectivity index is 1.66. The van der Waals surface area contributed by atoms with Gasteiger partial charge in [0, 0.05) is 43.6 Å². The molecule has 158 valence electrons. The Morgan fingerprint density at radius 1 is 1.20 bits per heavy atom. The number of hydrogen-bond donors (Lipinski definition) is 5. The average molecular weight is 410 g/mol. The van der Waals surface area contributed by atoms with Gasteiger partial charge >= 0.3 is 0 Å². The minimum absolute atomic E-state index is 0.102. The van der Waals surface area contributed by atoms with Gasteiger partial charge in [0.25, 0.3) is 5.91 Å². The van der Waals surface area contributed by atoms with Gasteiger partial charge < -0.3 is 31.1 Å². The number of nitrogens with zero attached hydrogens (tertiary/aromatic N) is 3. The predicted molar refractivity (Wildman–Crippen MR) is 115 cm³/mol. The molecule has 0 unspecified atom stereocenters. The van der Waals surface area contributed by atoms with Crippen LogP contribution in [0, 0.1) is 5.92 Å². The molecule has 30 heavy (non-hydrogen) atoms. The van der Waals surface area contributed by atoms with Gasteiger partial charge in [-0.15, -0.1) is 0 Å². The molecule has 2 aromatic heterocycles. The Kier molecular flexibility index (Phi) is 5.82. The van der Waals surface area contributed by atoms with Crippen molar-refractivity contribution in [2.75, 3.05) is 43.5 Å². The molecule has 0 atom stereocenters. The molecule has 6 N–H and O–H groups in total. The summed E-state index contributed by atoms with van der Waals surface area (Å²) >= 11 is 0. The SMILES string of the molecule is Nc1c[nH]c2nc(-c3ccc(C(=O)NCCO)cc3)nc(N3CCC(CO)CC3)c12. The smallest absolute Gasteiger partial charge is 0.251 e. The number of H-pyrrole nitrogens is 1. The number of nitrogens with two attached hydrogens (primary N) is 1. The van der Waals surface area contributed by atoms with Gasteiger partial charge in [-0.2, -0.15) is 0 Å². The van der Waals surface area contributed by atoms with Crippen molar-refractivity contribution in [3.05, 3.63) is 36.0 Å². The molecule has 3 heterocycles. The second-order valence-corrected chi connectivity index (χ2v) is 7.51. The van der Waals surface area contributed by atoms with Gasteiger partial charge in [-0.1, -0.05) is 12.1 Å². The Bertz CT molecular complexity index is 1030. The van der Waals surface area contributed by atoms with E-state index in [4.69, 9.17) is 15.8 Å². The first kappa shape index (κ1) is 20.1. The standard InChI is InChI=1S/C21H26N6O3/c22-16-11-24-19-17(16)20(27-8-5-13(12-29)6-9-27)26-18(25-19)14-1-3-15(4-2-14)21(30)23-7-10-28/h1-4,11,13,28-29H,5-10,12,22H2,(H,23,30)(H,24,25,26). The number of carbonyl (C=O) groups excluding carboxylic acids is 1. The van der Waals surface area contributed by atoms with Gasteiger partial charge in [0.15, 0.2) is 5.82 Å². The van der Waals surface area contributed by atoms with E-state index < -0.39 is 0 Å². The molecule has 1 saturated heterocycles. The number of benzene rings is 1. The average Bonchev–Trinajstić information content (AvgIpc) is 3.17. The topological polar surface area (TPSA) is 140 Å². The molecule has 1 aliphatic heterocycles. The van der Waals surface area contributed by atoms with Crippen LogP contribution >= 0.6 is 0 Å². The van der Waals surface area contributed by atoms with Crippen LogP contribution in [0.15, 0.2) is 30.5 Å². The van der Waals surface area contributed by atoms with E-state index in [-0.39, 0.29) is 25.7 Å². The molecule has 1 aromatic carbocycles. The number of aromatic nitrogens is 3. The fourth-order valence-electron chi connectivity index (χ4n) is 3.76. The normalized spacial score (nSPS) is 14.9. The zero-order valence-corrected chi connectivity index (χ0v) is 16.6. The highest BCUT2D eigenvalue weighted by molar-refractivity contribution is 5.99. The highest BCUT2D eigenvalue weighted by atomic mass is 16.3. The Labute approximate surface area is 173 Å². The summed E-state index contributed by atoms with van der Waals surface area (Å²) in [6.07, 6.45) is 3.53. The largest absolute Gasteiger partial charge is 0.397 e. The minimum atomic E-state index is -0.239. The van der Waals surface area contributed by atoms with E-state index in [0.29, 0.717) is 28.6 Å². The molecule has 1 amide bonds. The minimum Gasteiger partial charge on any atom is -0.397 e. The molecule has 0 bridgehead atoms. The van der Waals surface area contributed by atoms with Gasteiger partial charge in [-0.3, -0.25) is 4.79 Å². The summed E-state index contributed by atoms with van der Waals surface area (Å²) in [5.74, 6) is 1.42. The fraction of sp³-hybridized carbons (Fsp3) is 0.381. The molecule has 1 fully saturated rings. The highest BCUT2D eigenvalue weighted by Gasteiger charge is 2.24. The van der Waals surface area contributed by atoms with Crippen LogP contribution in [0.1, 0.15) is 23.2 Å². The number of nitrogens with one attached hydrogen (secondary N) is 2. The van der Waals surface area contributed by atoms with Crippen LogP contribution < -0.4 is 16.0 Å². The Hall–Kier alpha value is -3.17. The second-order valence-electron chi connectivity index (χ2n) is 7.51. The third kappa shape index (κ3) is 3.94. The predicted octanol–water partition coefficient (Wildman–Crippen LogP) is 1.14. The lowest BCUT2D eigenvalue weighted by Crippen LogP contribution is -2.35. The molecular weight excluding hydrogens is 384 g/mol. The molecule has 4 rings (SSSR count). The van der Waals surface area contributed by atoms with Gasteiger partial charge in [0.05, 0.1) is 17.7 Å². The molecule has 0 radical (unpaired) electrons. The Morgan fingerprint density at radius 2 is 1.93 bits per heavy atom. The number of carbonyl (C=O) groups is 1. The summed E-state index contributed by atoms with van der Waals surface area (Å²) in [5.41, 5.74) is 8.74. The second kappa shape index (κ2) is 8.68. The molecule has 1 aliphatic rings. The molecular formula is C21H26N6O3. The van der Waals surface area contributed by atoms with Crippen molar-refractivity contribution >= 4 is 28.4 Å². The number of aliphatic hydroxyl groups excluding tert-OH is 2. The van der Waals surface area contributed by atoms with Crippen LogP contribution in [-0.4, -0.2) is 63.9 Å². The number of aliphatic hydroxyl groups is 2. The zero-order valence-electron chi connectivity index (χ0n) is 16.6. The number of fused-ring (bicyclic) bond motifs is 1. The molecule has 3 aromatic rings. The van der Waals surface area contributed by atoms with Crippen LogP contribution in [-0.2, 0) is 0 Å². The first-order chi connectivity index (χ1) is 14.6. The lowest BCUT2D eigenvalue weighted by atomic mass is 9.98. The van der Waals surface area contributed by atoms with E-state index in [2.05, 4.69) is 20.2 Å². The van der Waals surface area contributed by atoms with Crippen LogP contribution in [0.5, 0.6) is 0 Å². The van der Waals surface area contributed by atoms with Crippen molar-refractivity contribution in [3.8, 4) is 11.4 Å². The molecule has 0 saturated carbocycles. The number of aromatic amines is 1. The van der Waals surface area contributed by atoms with E-state index in [1.54, 1.807) is 18.3 Å². The Morgan fingerprint density at radius 3 is 2.60 bits per heavy atom. The maximum absolute atomic E-state index is 12.0. The molecule has 9 heteroatoms. The van der Waals surface area contributed by atoms with Crippen molar-refractivity contribution < 1.29 is 15.0 Å². The van der Waals surface area contributed by atoms with Crippen molar-refractivity contribution in [1.82, 2.24) is 20.3 Å². The van der Waals surface area contributed by atoms with E-state index >= 15 is 0 Å². The number of piperidine rings is 1. The quantitative estimate of drug-likeness (QED) is 0.410. The summed E-state index contributed by atoms with van der Waals surface area (Å²) in [6.45, 7) is 1.92. The summed E-state index contributed by atoms with van der Waals surface area (Å²) < 4.78 is 0. The zero-order chi connectivity index (χ0) is 21.1.